The standard InChI is InChI=1S/C11H14N4O/c1-11(2,7-12)15-6-9(14-10(15)16)8-3-4-13-5-8/h3-5,9,13H,6H2,1-2H3,(H,14,16). The van der Waals surface area contributed by atoms with Crippen LogP contribution in [0.15, 0.2) is 18.5 Å². The third-order valence-corrected chi connectivity index (χ3v) is 2.88. The Kier molecular flexibility index (Phi) is 2.35. The van der Waals surface area contributed by atoms with Gasteiger partial charge in [-0.2, -0.15) is 5.26 Å². The molecule has 1 aromatic rings. The molecular formula is C11H14N4O. The Morgan fingerprint density at radius 2 is 2.38 bits per heavy atom. The van der Waals surface area contributed by atoms with Crippen LogP contribution in [0.5, 0.6) is 0 Å². The molecule has 1 aromatic heterocycles. The number of H-pyrrole nitrogens is 1. The molecule has 84 valence electrons. The van der Waals surface area contributed by atoms with Crippen LogP contribution in [0.4, 0.5) is 4.79 Å². The Morgan fingerprint density at radius 3 is 2.94 bits per heavy atom. The highest BCUT2D eigenvalue weighted by molar-refractivity contribution is 5.78. The van der Waals surface area contributed by atoms with E-state index in [1.807, 2.05) is 18.5 Å². The highest BCUT2D eigenvalue weighted by Crippen LogP contribution is 2.25. The number of nitrogens with zero attached hydrogens (tertiary/aromatic N) is 2. The first-order valence-corrected chi connectivity index (χ1v) is 5.16. The summed E-state index contributed by atoms with van der Waals surface area (Å²) in [5.74, 6) is 0. The van der Waals surface area contributed by atoms with Gasteiger partial charge in [-0.25, -0.2) is 4.79 Å². The first kappa shape index (κ1) is 10.6. The topological polar surface area (TPSA) is 71.9 Å². The Labute approximate surface area is 94.1 Å². The monoisotopic (exact) mass is 218 g/mol. The number of hydrogen-bond donors (Lipinski definition) is 2. The number of carbonyl (C=O) groups excluding carboxylic acids is 1. The van der Waals surface area contributed by atoms with Crippen molar-refractivity contribution in [1.82, 2.24) is 15.2 Å². The quantitative estimate of drug-likeness (QED) is 0.787. The molecule has 1 aliphatic rings. The zero-order chi connectivity index (χ0) is 11.8. The maximum absolute atomic E-state index is 11.7. The molecule has 2 N–H and O–H groups in total. The van der Waals surface area contributed by atoms with Gasteiger partial charge in [-0.1, -0.05) is 0 Å². The summed E-state index contributed by atoms with van der Waals surface area (Å²) < 4.78 is 0. The maximum atomic E-state index is 11.7. The lowest BCUT2D eigenvalue weighted by atomic mass is 10.1. The molecule has 0 aliphatic carbocycles. The van der Waals surface area contributed by atoms with E-state index in [9.17, 15) is 4.79 Å². The minimum absolute atomic E-state index is 0.0358. The van der Waals surface area contributed by atoms with Gasteiger partial charge in [0.25, 0.3) is 0 Å². The van der Waals surface area contributed by atoms with Crippen LogP contribution >= 0.6 is 0 Å². The van der Waals surface area contributed by atoms with Crippen LogP contribution in [0.3, 0.4) is 0 Å². The van der Waals surface area contributed by atoms with E-state index in [1.54, 1.807) is 18.7 Å². The molecule has 1 aliphatic heterocycles. The molecule has 16 heavy (non-hydrogen) atoms. The number of rotatable bonds is 2. The molecule has 0 bridgehead atoms. The average molecular weight is 218 g/mol. The second kappa shape index (κ2) is 3.56. The Balaban J connectivity index is 2.18. The van der Waals surface area contributed by atoms with Gasteiger partial charge in [0.15, 0.2) is 0 Å². The van der Waals surface area contributed by atoms with E-state index in [0.717, 1.165) is 5.56 Å². The van der Waals surface area contributed by atoms with E-state index in [0.29, 0.717) is 6.54 Å². The summed E-state index contributed by atoms with van der Waals surface area (Å²) in [6.45, 7) is 4.01. The number of aromatic amines is 1. The SMILES string of the molecule is CC(C)(C#N)N1CC(c2cc[nH]c2)NC1=O. The molecule has 0 aromatic carbocycles. The van der Waals surface area contributed by atoms with Crippen molar-refractivity contribution in [2.45, 2.75) is 25.4 Å². The van der Waals surface area contributed by atoms with Gasteiger partial charge in [0.05, 0.1) is 12.1 Å². The molecule has 2 heterocycles. The van der Waals surface area contributed by atoms with Gasteiger partial charge in [-0.05, 0) is 25.5 Å². The van der Waals surface area contributed by atoms with Crippen LogP contribution in [-0.4, -0.2) is 28.0 Å². The predicted molar refractivity (Wildman–Crippen MR) is 58.5 cm³/mol. The maximum Gasteiger partial charge on any atom is 0.319 e. The Hall–Kier alpha value is -1.96. The molecule has 1 fully saturated rings. The highest BCUT2D eigenvalue weighted by atomic mass is 16.2. The van der Waals surface area contributed by atoms with Crippen LogP contribution in [0, 0.1) is 11.3 Å². The molecule has 5 heteroatoms. The lowest BCUT2D eigenvalue weighted by molar-refractivity contribution is 0.186. The summed E-state index contributed by atoms with van der Waals surface area (Å²) in [7, 11) is 0. The van der Waals surface area contributed by atoms with Crippen molar-refractivity contribution in [3.05, 3.63) is 24.0 Å². The predicted octanol–water partition coefficient (Wildman–Crippen LogP) is 1.38. The third kappa shape index (κ3) is 1.63. The van der Waals surface area contributed by atoms with E-state index in [4.69, 9.17) is 5.26 Å². The molecule has 0 radical (unpaired) electrons. The molecule has 1 unspecified atom stereocenters. The van der Waals surface area contributed by atoms with E-state index in [2.05, 4.69) is 16.4 Å². The largest absolute Gasteiger partial charge is 0.367 e. The van der Waals surface area contributed by atoms with Crippen LogP contribution in [0.2, 0.25) is 0 Å². The van der Waals surface area contributed by atoms with Crippen LogP contribution in [-0.2, 0) is 0 Å². The molecular weight excluding hydrogens is 204 g/mol. The van der Waals surface area contributed by atoms with Gasteiger partial charge in [-0.3, -0.25) is 0 Å². The van der Waals surface area contributed by atoms with Crippen LogP contribution < -0.4 is 5.32 Å². The number of hydrogen-bond acceptors (Lipinski definition) is 2. The molecule has 2 amide bonds. The fourth-order valence-corrected chi connectivity index (χ4v) is 1.82. The number of aromatic nitrogens is 1. The smallest absolute Gasteiger partial charge is 0.319 e. The summed E-state index contributed by atoms with van der Waals surface area (Å²) in [4.78, 5) is 16.3. The fraction of sp³-hybridized carbons (Fsp3) is 0.455. The zero-order valence-electron chi connectivity index (χ0n) is 9.32. The zero-order valence-corrected chi connectivity index (χ0v) is 9.32. The lowest BCUT2D eigenvalue weighted by Gasteiger charge is -2.27. The normalized spacial score (nSPS) is 20.7. The number of nitriles is 1. The molecule has 0 saturated carbocycles. The Morgan fingerprint density at radius 1 is 1.62 bits per heavy atom. The lowest BCUT2D eigenvalue weighted by Crippen LogP contribution is -2.44. The van der Waals surface area contributed by atoms with Gasteiger partial charge in [-0.15, -0.1) is 0 Å². The molecule has 0 spiro atoms. The van der Waals surface area contributed by atoms with Gasteiger partial charge in [0.2, 0.25) is 0 Å². The summed E-state index contributed by atoms with van der Waals surface area (Å²) >= 11 is 0. The summed E-state index contributed by atoms with van der Waals surface area (Å²) in [5, 5.41) is 11.9. The number of urea groups is 1. The minimum Gasteiger partial charge on any atom is -0.367 e. The van der Waals surface area contributed by atoms with E-state index in [-0.39, 0.29) is 12.1 Å². The minimum atomic E-state index is -0.769. The molecule has 2 rings (SSSR count). The highest BCUT2D eigenvalue weighted by Gasteiger charge is 2.39. The summed E-state index contributed by atoms with van der Waals surface area (Å²) in [5.41, 5.74) is 0.263. The van der Waals surface area contributed by atoms with Gasteiger partial charge >= 0.3 is 6.03 Å². The molecule has 1 atom stereocenters. The van der Waals surface area contributed by atoms with Crippen molar-refractivity contribution in [1.29, 1.82) is 5.26 Å². The Bertz CT molecular complexity index is 429. The van der Waals surface area contributed by atoms with Crippen molar-refractivity contribution in [3.8, 4) is 6.07 Å². The van der Waals surface area contributed by atoms with Crippen molar-refractivity contribution in [2.24, 2.45) is 0 Å². The van der Waals surface area contributed by atoms with Crippen molar-refractivity contribution < 1.29 is 4.79 Å². The van der Waals surface area contributed by atoms with Crippen LogP contribution in [0.25, 0.3) is 0 Å². The number of carbonyl (C=O) groups is 1. The molecule has 1 saturated heterocycles. The second-order valence-electron chi connectivity index (χ2n) is 4.43. The number of nitrogens with one attached hydrogen (secondary N) is 2. The summed E-state index contributed by atoms with van der Waals surface area (Å²) in [6.07, 6.45) is 3.67. The third-order valence-electron chi connectivity index (χ3n) is 2.88. The fourth-order valence-electron chi connectivity index (χ4n) is 1.82. The van der Waals surface area contributed by atoms with Crippen molar-refractivity contribution >= 4 is 6.03 Å². The van der Waals surface area contributed by atoms with E-state index in [1.165, 1.54) is 0 Å². The van der Waals surface area contributed by atoms with Gasteiger partial charge in [0.1, 0.15) is 5.54 Å². The first-order valence-electron chi connectivity index (χ1n) is 5.16. The van der Waals surface area contributed by atoms with Crippen LogP contribution in [0.1, 0.15) is 25.5 Å². The number of amides is 2. The van der Waals surface area contributed by atoms with Crippen molar-refractivity contribution in [2.75, 3.05) is 6.54 Å². The van der Waals surface area contributed by atoms with Gasteiger partial charge in [0, 0.05) is 18.9 Å². The van der Waals surface area contributed by atoms with Gasteiger partial charge < -0.3 is 15.2 Å². The average Bonchev–Trinajstić information content (AvgIpc) is 2.85. The first-order chi connectivity index (χ1) is 7.54. The summed E-state index contributed by atoms with van der Waals surface area (Å²) in [6, 6.07) is 3.84. The molecule has 5 nitrogen and oxygen atoms in total. The van der Waals surface area contributed by atoms with Crippen molar-refractivity contribution in [3.63, 3.8) is 0 Å². The van der Waals surface area contributed by atoms with E-state index < -0.39 is 5.54 Å². The second-order valence-corrected chi connectivity index (χ2v) is 4.43. The van der Waals surface area contributed by atoms with E-state index >= 15 is 0 Å².